The van der Waals surface area contributed by atoms with Crippen molar-refractivity contribution in [2.24, 2.45) is 0 Å². The summed E-state index contributed by atoms with van der Waals surface area (Å²) in [6.07, 6.45) is 2.52. The Morgan fingerprint density at radius 1 is 1.60 bits per heavy atom. The van der Waals surface area contributed by atoms with Crippen LogP contribution in [0.2, 0.25) is 0 Å². The first-order valence-corrected chi connectivity index (χ1v) is 7.11. The molecular formula is C15H24N2O3. The second-order valence-corrected chi connectivity index (χ2v) is 5.59. The third-order valence-electron chi connectivity index (χ3n) is 4.26. The van der Waals surface area contributed by atoms with Crippen LogP contribution in [0.3, 0.4) is 0 Å². The number of hydrogen-bond donors (Lipinski definition) is 0. The van der Waals surface area contributed by atoms with E-state index in [4.69, 9.17) is 4.42 Å². The van der Waals surface area contributed by atoms with Crippen LogP contribution in [0.5, 0.6) is 0 Å². The van der Waals surface area contributed by atoms with Crippen molar-refractivity contribution in [3.05, 3.63) is 23.7 Å². The summed E-state index contributed by atoms with van der Waals surface area (Å²) >= 11 is 0. The molecule has 1 aliphatic heterocycles. The van der Waals surface area contributed by atoms with Gasteiger partial charge in [0, 0.05) is 12.6 Å². The summed E-state index contributed by atoms with van der Waals surface area (Å²) in [6.45, 7) is 4.28. The summed E-state index contributed by atoms with van der Waals surface area (Å²) in [5, 5.41) is 0. The first kappa shape index (κ1) is 15.1. The Labute approximate surface area is 120 Å². The maximum Gasteiger partial charge on any atom is 0.373 e. The maximum absolute atomic E-state index is 11.4. The van der Waals surface area contributed by atoms with Gasteiger partial charge in [-0.3, -0.25) is 4.90 Å². The number of likely N-dealkylation sites (N-methyl/N-ethyl adjacent to an activating group) is 2. The minimum Gasteiger partial charge on any atom is -0.463 e. The zero-order chi connectivity index (χ0) is 14.7. The van der Waals surface area contributed by atoms with E-state index >= 15 is 0 Å². The standard InChI is InChI=1S/C15H24N2O3/c1-11(13-7-8-14(20-13)15(18)19-4)17(3)10-12-6-5-9-16(12)2/h7-8,11-12H,5-6,9-10H2,1-4H3. The van der Waals surface area contributed by atoms with Crippen LogP contribution in [-0.4, -0.2) is 56.1 Å². The first-order valence-electron chi connectivity index (χ1n) is 7.11. The van der Waals surface area contributed by atoms with E-state index < -0.39 is 5.97 Å². The van der Waals surface area contributed by atoms with Gasteiger partial charge in [-0.15, -0.1) is 0 Å². The Morgan fingerprint density at radius 3 is 2.95 bits per heavy atom. The van der Waals surface area contributed by atoms with Crippen LogP contribution >= 0.6 is 0 Å². The minimum absolute atomic E-state index is 0.141. The van der Waals surface area contributed by atoms with Gasteiger partial charge in [0.15, 0.2) is 0 Å². The molecule has 0 aromatic carbocycles. The quantitative estimate of drug-likeness (QED) is 0.773. The van der Waals surface area contributed by atoms with Gasteiger partial charge in [0.05, 0.1) is 13.2 Å². The Balaban J connectivity index is 1.97. The van der Waals surface area contributed by atoms with Gasteiger partial charge in [-0.2, -0.15) is 0 Å². The molecule has 0 bridgehead atoms. The lowest BCUT2D eigenvalue weighted by Crippen LogP contribution is -2.37. The fourth-order valence-corrected chi connectivity index (χ4v) is 2.71. The minimum atomic E-state index is -0.429. The van der Waals surface area contributed by atoms with Crippen LogP contribution in [-0.2, 0) is 4.74 Å². The van der Waals surface area contributed by atoms with Crippen LogP contribution < -0.4 is 0 Å². The summed E-state index contributed by atoms with van der Waals surface area (Å²) in [4.78, 5) is 16.1. The highest BCUT2D eigenvalue weighted by atomic mass is 16.5. The number of rotatable bonds is 5. The molecule has 2 atom stereocenters. The fraction of sp³-hybridized carbons (Fsp3) is 0.667. The Bertz CT molecular complexity index is 458. The molecule has 0 radical (unpaired) electrons. The average Bonchev–Trinajstić information content (AvgIpc) is 3.07. The molecule has 2 heterocycles. The van der Waals surface area contributed by atoms with Gasteiger partial charge in [0.2, 0.25) is 5.76 Å². The van der Waals surface area contributed by atoms with Crippen molar-refractivity contribution in [3.63, 3.8) is 0 Å². The summed E-state index contributed by atoms with van der Waals surface area (Å²) < 4.78 is 10.2. The molecule has 112 valence electrons. The number of nitrogens with zero attached hydrogens (tertiary/aromatic N) is 2. The van der Waals surface area contributed by atoms with Crippen molar-refractivity contribution in [1.29, 1.82) is 0 Å². The van der Waals surface area contributed by atoms with Gasteiger partial charge in [0.25, 0.3) is 0 Å². The number of hydrogen-bond acceptors (Lipinski definition) is 5. The number of carbonyl (C=O) groups is 1. The molecular weight excluding hydrogens is 256 g/mol. The normalized spacial score (nSPS) is 21.4. The second-order valence-electron chi connectivity index (χ2n) is 5.59. The van der Waals surface area contributed by atoms with Crippen LogP contribution in [0.25, 0.3) is 0 Å². The van der Waals surface area contributed by atoms with E-state index in [-0.39, 0.29) is 11.8 Å². The second kappa shape index (κ2) is 6.41. The largest absolute Gasteiger partial charge is 0.463 e. The maximum atomic E-state index is 11.4. The summed E-state index contributed by atoms with van der Waals surface area (Å²) in [5.41, 5.74) is 0. The van der Waals surface area contributed by atoms with Gasteiger partial charge in [-0.1, -0.05) is 0 Å². The predicted molar refractivity (Wildman–Crippen MR) is 76.7 cm³/mol. The summed E-state index contributed by atoms with van der Waals surface area (Å²) in [5.74, 6) is 0.635. The summed E-state index contributed by atoms with van der Waals surface area (Å²) in [7, 11) is 5.63. The number of methoxy groups -OCH3 is 1. The van der Waals surface area contributed by atoms with Crippen molar-refractivity contribution in [2.75, 3.05) is 34.3 Å². The molecule has 5 nitrogen and oxygen atoms in total. The monoisotopic (exact) mass is 280 g/mol. The molecule has 0 aliphatic carbocycles. The fourth-order valence-electron chi connectivity index (χ4n) is 2.71. The summed E-state index contributed by atoms with van der Waals surface area (Å²) in [6, 6.07) is 4.28. The van der Waals surface area contributed by atoms with Gasteiger partial charge >= 0.3 is 5.97 Å². The zero-order valence-corrected chi connectivity index (χ0v) is 12.8. The number of esters is 1. The number of carbonyl (C=O) groups excluding carboxylic acids is 1. The van der Waals surface area contributed by atoms with E-state index in [2.05, 4.69) is 35.6 Å². The van der Waals surface area contributed by atoms with E-state index in [0.717, 1.165) is 12.3 Å². The highest BCUT2D eigenvalue weighted by Crippen LogP contribution is 2.24. The van der Waals surface area contributed by atoms with Crippen LogP contribution in [0.1, 0.15) is 42.1 Å². The Kier molecular flexibility index (Phi) is 4.83. The Morgan fingerprint density at radius 2 is 2.35 bits per heavy atom. The molecule has 0 spiro atoms. The van der Waals surface area contributed by atoms with E-state index in [0.29, 0.717) is 6.04 Å². The van der Waals surface area contributed by atoms with Crippen molar-refractivity contribution < 1.29 is 13.9 Å². The van der Waals surface area contributed by atoms with Crippen LogP contribution in [0, 0.1) is 0 Å². The molecule has 2 rings (SSSR count). The molecule has 1 aromatic heterocycles. The topological polar surface area (TPSA) is 45.9 Å². The van der Waals surface area contributed by atoms with Crippen LogP contribution in [0.4, 0.5) is 0 Å². The molecule has 0 N–H and O–H groups in total. The van der Waals surface area contributed by atoms with Gasteiger partial charge in [-0.05, 0) is 52.5 Å². The lowest BCUT2D eigenvalue weighted by Gasteiger charge is -2.29. The third kappa shape index (κ3) is 3.22. The van der Waals surface area contributed by atoms with Crippen molar-refractivity contribution in [3.8, 4) is 0 Å². The average molecular weight is 280 g/mol. The lowest BCUT2D eigenvalue weighted by atomic mass is 10.1. The highest BCUT2D eigenvalue weighted by molar-refractivity contribution is 5.86. The zero-order valence-electron chi connectivity index (χ0n) is 12.8. The van der Waals surface area contributed by atoms with E-state index in [1.165, 1.54) is 26.5 Å². The molecule has 1 aromatic rings. The van der Waals surface area contributed by atoms with Gasteiger partial charge in [-0.25, -0.2) is 4.79 Å². The molecule has 5 heteroatoms. The SMILES string of the molecule is COC(=O)c1ccc(C(C)N(C)CC2CCCN2C)o1. The van der Waals surface area contributed by atoms with Crippen molar-refractivity contribution in [2.45, 2.75) is 31.8 Å². The third-order valence-corrected chi connectivity index (χ3v) is 4.26. The molecule has 20 heavy (non-hydrogen) atoms. The van der Waals surface area contributed by atoms with E-state index in [1.54, 1.807) is 6.07 Å². The van der Waals surface area contributed by atoms with Crippen molar-refractivity contribution >= 4 is 5.97 Å². The molecule has 0 amide bonds. The molecule has 1 fully saturated rings. The van der Waals surface area contributed by atoms with Gasteiger partial charge in [0.1, 0.15) is 5.76 Å². The molecule has 2 unspecified atom stereocenters. The van der Waals surface area contributed by atoms with E-state index in [9.17, 15) is 4.79 Å². The number of furan rings is 1. The molecule has 1 saturated heterocycles. The van der Waals surface area contributed by atoms with Crippen molar-refractivity contribution in [1.82, 2.24) is 9.80 Å². The van der Waals surface area contributed by atoms with Crippen LogP contribution in [0.15, 0.2) is 16.5 Å². The number of ether oxygens (including phenoxy) is 1. The van der Waals surface area contributed by atoms with Gasteiger partial charge < -0.3 is 14.1 Å². The number of likely N-dealkylation sites (tertiary alicyclic amines) is 1. The smallest absolute Gasteiger partial charge is 0.373 e. The Hall–Kier alpha value is -1.33. The highest BCUT2D eigenvalue weighted by Gasteiger charge is 2.25. The molecule has 1 aliphatic rings. The predicted octanol–water partition coefficient (Wildman–Crippen LogP) is 2.15. The molecule has 0 saturated carbocycles. The van der Waals surface area contributed by atoms with E-state index in [1.807, 2.05) is 6.07 Å². The first-order chi connectivity index (χ1) is 9.52. The lowest BCUT2D eigenvalue weighted by molar-refractivity contribution is 0.0559.